The maximum atomic E-state index is 12.8. The van der Waals surface area contributed by atoms with Crippen LogP contribution in [-0.4, -0.2) is 29.0 Å². The van der Waals surface area contributed by atoms with E-state index in [4.69, 9.17) is 21.1 Å². The molecule has 7 heteroatoms. The molecule has 156 valence electrons. The van der Waals surface area contributed by atoms with Gasteiger partial charge in [0.25, 0.3) is 0 Å². The van der Waals surface area contributed by atoms with Gasteiger partial charge in [0.2, 0.25) is 0 Å². The number of methoxy groups -OCH3 is 1. The summed E-state index contributed by atoms with van der Waals surface area (Å²) in [5, 5.41) is -0.0575. The van der Waals surface area contributed by atoms with Crippen LogP contribution in [0.5, 0.6) is 0 Å². The first-order valence-corrected chi connectivity index (χ1v) is 11.5. The number of fused-ring (bicyclic) bond motifs is 1. The van der Waals surface area contributed by atoms with Crippen LogP contribution in [0.1, 0.15) is 50.5 Å². The molecule has 0 aliphatic heterocycles. The molecule has 0 spiro atoms. The molecule has 1 aromatic carbocycles. The number of aromatic nitrogens is 1. The summed E-state index contributed by atoms with van der Waals surface area (Å²) in [6.45, 7) is 9.85. The average molecular weight is 499 g/mol. The van der Waals surface area contributed by atoms with Crippen molar-refractivity contribution in [3.63, 3.8) is 0 Å². The minimum Gasteiger partial charge on any atom is -0.467 e. The molecule has 0 saturated heterocycles. The zero-order chi connectivity index (χ0) is 21.5. The molecule has 1 aromatic heterocycles. The number of benzene rings is 1. The summed E-state index contributed by atoms with van der Waals surface area (Å²) in [4.78, 5) is 17.4. The Morgan fingerprint density at radius 3 is 2.66 bits per heavy atom. The van der Waals surface area contributed by atoms with E-state index in [1.807, 2.05) is 45.9 Å². The second-order valence-corrected chi connectivity index (χ2v) is 11.0. The van der Waals surface area contributed by atoms with E-state index in [0.29, 0.717) is 0 Å². The smallest absolute Gasteiger partial charge is 0.339 e. The van der Waals surface area contributed by atoms with Crippen LogP contribution >= 0.6 is 38.9 Å². The quantitative estimate of drug-likeness (QED) is 0.352. The number of halogens is 2. The van der Waals surface area contributed by atoms with Gasteiger partial charge in [-0.25, -0.2) is 9.78 Å². The van der Waals surface area contributed by atoms with Crippen LogP contribution in [0.25, 0.3) is 15.8 Å². The number of thiazole rings is 1. The lowest BCUT2D eigenvalue weighted by Crippen LogP contribution is -2.29. The van der Waals surface area contributed by atoms with Crippen molar-refractivity contribution in [2.45, 2.75) is 51.7 Å². The van der Waals surface area contributed by atoms with Crippen molar-refractivity contribution < 1.29 is 14.3 Å². The Labute approximate surface area is 189 Å². The summed E-state index contributed by atoms with van der Waals surface area (Å²) in [5.41, 5.74) is 4.06. The summed E-state index contributed by atoms with van der Waals surface area (Å²) in [6.07, 6.45) is 5.31. The van der Waals surface area contributed by atoms with Crippen molar-refractivity contribution >= 4 is 60.6 Å². The monoisotopic (exact) mass is 497 g/mol. The number of allylic oxidation sites excluding steroid dienone is 4. The number of alkyl halides is 1. The Hall–Kier alpha value is -1.21. The molecular formula is C22H25BrClNO3S. The van der Waals surface area contributed by atoms with Crippen molar-refractivity contribution in [3.8, 4) is 0 Å². The second kappa shape index (κ2) is 8.50. The lowest BCUT2D eigenvalue weighted by molar-refractivity contribution is -0.164. The number of rotatable bonds is 4. The number of carbonyl (C=O) groups excluding carboxylic acids is 1. The van der Waals surface area contributed by atoms with Gasteiger partial charge in [0.15, 0.2) is 10.0 Å². The molecule has 2 aromatic rings. The van der Waals surface area contributed by atoms with Gasteiger partial charge >= 0.3 is 5.97 Å². The maximum Gasteiger partial charge on any atom is 0.339 e. The first-order chi connectivity index (χ1) is 13.5. The van der Waals surface area contributed by atoms with Gasteiger partial charge < -0.3 is 9.47 Å². The molecule has 0 N–H and O–H groups in total. The Bertz CT molecular complexity index is 1010. The third-order valence-electron chi connectivity index (χ3n) is 4.74. The molecule has 0 fully saturated rings. The third kappa shape index (κ3) is 4.76. The van der Waals surface area contributed by atoms with Crippen LogP contribution in [0.15, 0.2) is 28.2 Å². The predicted molar refractivity (Wildman–Crippen MR) is 124 cm³/mol. The standard InChI is InChI=1S/C22H25BrClNO3S/c1-11-9-13(7-8-14(11)24)17-16(18(20(26)27-6)28-22(3,4)5)12(2)10-15-19(17)29-21(23)25-15/h7-11,14,18H,1-6H3. The van der Waals surface area contributed by atoms with Gasteiger partial charge in [-0.1, -0.05) is 25.2 Å². The molecule has 1 aliphatic carbocycles. The predicted octanol–water partition coefficient (Wildman–Crippen LogP) is 6.59. The molecule has 29 heavy (non-hydrogen) atoms. The van der Waals surface area contributed by atoms with E-state index in [1.54, 1.807) is 11.3 Å². The molecule has 1 aliphatic rings. The van der Waals surface area contributed by atoms with Gasteiger partial charge in [0.05, 0.1) is 28.3 Å². The lowest BCUT2D eigenvalue weighted by atomic mass is 9.86. The largest absolute Gasteiger partial charge is 0.467 e. The fourth-order valence-corrected chi connectivity index (χ4v) is 5.14. The van der Waals surface area contributed by atoms with E-state index in [9.17, 15) is 4.79 Å². The molecule has 4 nitrogen and oxygen atoms in total. The minimum absolute atomic E-state index is 0.0575. The number of hydrogen-bond acceptors (Lipinski definition) is 5. The highest BCUT2D eigenvalue weighted by molar-refractivity contribution is 9.11. The van der Waals surface area contributed by atoms with Crippen LogP contribution in [0.3, 0.4) is 0 Å². The SMILES string of the molecule is COC(=O)C(OC(C)(C)C)c1c(C)cc2nc(Br)sc2c1C1=CC(C)C(Cl)C=C1. The first kappa shape index (κ1) is 22.5. The molecule has 0 bridgehead atoms. The second-order valence-electron chi connectivity index (χ2n) is 8.22. The third-order valence-corrected chi connectivity index (χ3v) is 6.83. The summed E-state index contributed by atoms with van der Waals surface area (Å²) < 4.78 is 13.1. The van der Waals surface area contributed by atoms with E-state index < -0.39 is 17.7 Å². The van der Waals surface area contributed by atoms with Gasteiger partial charge in [-0.15, -0.1) is 22.9 Å². The van der Waals surface area contributed by atoms with Gasteiger partial charge in [0, 0.05) is 11.1 Å². The highest BCUT2D eigenvalue weighted by Crippen LogP contribution is 2.43. The fraction of sp³-hybridized carbons (Fsp3) is 0.455. The summed E-state index contributed by atoms with van der Waals surface area (Å²) in [7, 11) is 1.39. The molecule has 1 heterocycles. The normalized spacial score (nSPS) is 20.6. The average Bonchev–Trinajstić information content (AvgIpc) is 2.99. The van der Waals surface area contributed by atoms with Gasteiger partial charge in [0.1, 0.15) is 0 Å². The molecule has 3 atom stereocenters. The van der Waals surface area contributed by atoms with E-state index in [0.717, 1.165) is 36.4 Å². The number of aryl methyl sites for hydroxylation is 1. The number of nitrogens with zero attached hydrogens (tertiary/aromatic N) is 1. The maximum absolute atomic E-state index is 12.8. The van der Waals surface area contributed by atoms with Gasteiger partial charge in [-0.3, -0.25) is 0 Å². The first-order valence-electron chi connectivity index (χ1n) is 9.41. The summed E-state index contributed by atoms with van der Waals surface area (Å²) in [5.74, 6) is -0.257. The molecule has 3 unspecified atom stereocenters. The highest BCUT2D eigenvalue weighted by atomic mass is 79.9. The van der Waals surface area contributed by atoms with E-state index in [-0.39, 0.29) is 11.3 Å². The summed E-state index contributed by atoms with van der Waals surface area (Å²) in [6, 6.07) is 2.00. The number of hydrogen-bond donors (Lipinski definition) is 0. The van der Waals surface area contributed by atoms with Crippen LogP contribution in [0, 0.1) is 12.8 Å². The van der Waals surface area contributed by atoms with Crippen molar-refractivity contribution in [3.05, 3.63) is 44.9 Å². The van der Waals surface area contributed by atoms with Crippen molar-refractivity contribution in [2.24, 2.45) is 5.92 Å². The van der Waals surface area contributed by atoms with Crippen molar-refractivity contribution in [1.82, 2.24) is 4.98 Å². The zero-order valence-electron chi connectivity index (χ0n) is 17.4. The Morgan fingerprint density at radius 2 is 2.07 bits per heavy atom. The number of carbonyl (C=O) groups is 1. The van der Waals surface area contributed by atoms with E-state index in [1.165, 1.54) is 7.11 Å². The van der Waals surface area contributed by atoms with Crippen LogP contribution < -0.4 is 0 Å². The molecule has 0 amide bonds. The minimum atomic E-state index is -0.849. The Morgan fingerprint density at radius 1 is 1.38 bits per heavy atom. The summed E-state index contributed by atoms with van der Waals surface area (Å²) >= 11 is 11.4. The van der Waals surface area contributed by atoms with Gasteiger partial charge in [-0.05, 0) is 66.7 Å². The number of ether oxygens (including phenoxy) is 2. The number of esters is 1. The lowest BCUT2D eigenvalue weighted by Gasteiger charge is -2.29. The van der Waals surface area contributed by atoms with Crippen LogP contribution in [-0.2, 0) is 14.3 Å². The Balaban J connectivity index is 2.33. The Kier molecular flexibility index (Phi) is 6.59. The highest BCUT2D eigenvalue weighted by Gasteiger charge is 2.33. The molecular weight excluding hydrogens is 474 g/mol. The molecule has 3 rings (SSSR count). The van der Waals surface area contributed by atoms with E-state index >= 15 is 0 Å². The van der Waals surface area contributed by atoms with Crippen LogP contribution in [0.2, 0.25) is 0 Å². The topological polar surface area (TPSA) is 48.4 Å². The molecule has 0 radical (unpaired) electrons. The zero-order valence-corrected chi connectivity index (χ0v) is 20.5. The van der Waals surface area contributed by atoms with Crippen molar-refractivity contribution in [1.29, 1.82) is 0 Å². The van der Waals surface area contributed by atoms with Gasteiger partial charge in [-0.2, -0.15) is 0 Å². The van der Waals surface area contributed by atoms with Crippen molar-refractivity contribution in [2.75, 3.05) is 7.11 Å². The van der Waals surface area contributed by atoms with E-state index in [2.05, 4.69) is 33.9 Å². The fourth-order valence-electron chi connectivity index (χ4n) is 3.46. The molecule has 0 saturated carbocycles. The van der Waals surface area contributed by atoms with Crippen LogP contribution in [0.4, 0.5) is 0 Å².